The minimum absolute atomic E-state index is 0.149. The molecule has 1 aliphatic heterocycles. The molecule has 2 rings (SSSR count). The highest BCUT2D eigenvalue weighted by Gasteiger charge is 2.31. The highest BCUT2D eigenvalue weighted by Crippen LogP contribution is 2.22. The Kier molecular flexibility index (Phi) is 5.21. The minimum atomic E-state index is -3.57. The van der Waals surface area contributed by atoms with Gasteiger partial charge in [-0.25, -0.2) is 13.1 Å². The molecule has 1 fully saturated rings. The first-order chi connectivity index (χ1) is 9.97. The van der Waals surface area contributed by atoms with Gasteiger partial charge in [-0.15, -0.1) is 0 Å². The van der Waals surface area contributed by atoms with Crippen LogP contribution in [-0.2, 0) is 14.8 Å². The lowest BCUT2D eigenvalue weighted by Crippen LogP contribution is -2.43. The maximum atomic E-state index is 12.4. The van der Waals surface area contributed by atoms with E-state index in [9.17, 15) is 8.42 Å². The number of ether oxygens (including phenoxy) is 2. The average molecular weight is 314 g/mol. The zero-order valence-corrected chi connectivity index (χ0v) is 13.4. The van der Waals surface area contributed by atoms with Crippen LogP contribution in [0.4, 0.5) is 0 Å². The number of hydrogen-bond donors (Lipinski definition) is 2. The molecule has 6 nitrogen and oxygen atoms in total. The molecule has 0 aromatic heterocycles. The lowest BCUT2D eigenvalue weighted by molar-refractivity contribution is 0.103. The largest absolute Gasteiger partial charge is 0.494 e. The maximum absolute atomic E-state index is 12.4. The SMILES string of the molecule is CCOc1ccc(S(=O)(=O)NC2CNC[C@@H]2OC)cc1C. The Balaban J connectivity index is 2.17. The van der Waals surface area contributed by atoms with Gasteiger partial charge in [-0.05, 0) is 37.6 Å². The first-order valence-corrected chi connectivity index (χ1v) is 8.45. The molecule has 0 amide bonds. The number of rotatable bonds is 6. The summed E-state index contributed by atoms with van der Waals surface area (Å²) in [5.41, 5.74) is 0.799. The van der Waals surface area contributed by atoms with Crippen molar-refractivity contribution in [3.8, 4) is 5.75 Å². The summed E-state index contributed by atoms with van der Waals surface area (Å²) in [5, 5.41) is 3.11. The number of nitrogens with one attached hydrogen (secondary N) is 2. The van der Waals surface area contributed by atoms with Crippen molar-refractivity contribution in [1.29, 1.82) is 0 Å². The smallest absolute Gasteiger partial charge is 0.240 e. The second kappa shape index (κ2) is 6.74. The van der Waals surface area contributed by atoms with Crippen LogP contribution in [0.2, 0.25) is 0 Å². The van der Waals surface area contributed by atoms with Crippen molar-refractivity contribution < 1.29 is 17.9 Å². The average Bonchev–Trinajstić information content (AvgIpc) is 2.87. The molecule has 0 radical (unpaired) electrons. The molecule has 2 N–H and O–H groups in total. The summed E-state index contributed by atoms with van der Waals surface area (Å²) < 4.78 is 38.3. The van der Waals surface area contributed by atoms with E-state index in [1.807, 2.05) is 13.8 Å². The van der Waals surface area contributed by atoms with Crippen molar-refractivity contribution in [3.05, 3.63) is 23.8 Å². The third-order valence-electron chi connectivity index (χ3n) is 3.52. The first kappa shape index (κ1) is 16.2. The monoisotopic (exact) mass is 314 g/mol. The Bertz CT molecular complexity index is 589. The van der Waals surface area contributed by atoms with Gasteiger partial charge in [-0.2, -0.15) is 0 Å². The van der Waals surface area contributed by atoms with Crippen LogP contribution in [0.5, 0.6) is 5.75 Å². The summed E-state index contributed by atoms with van der Waals surface area (Å²) in [4.78, 5) is 0.241. The van der Waals surface area contributed by atoms with Gasteiger partial charge >= 0.3 is 0 Å². The van der Waals surface area contributed by atoms with Crippen LogP contribution in [0.15, 0.2) is 23.1 Å². The second-order valence-electron chi connectivity index (χ2n) is 5.02. The van der Waals surface area contributed by atoms with Crippen molar-refractivity contribution in [2.24, 2.45) is 0 Å². The highest BCUT2D eigenvalue weighted by atomic mass is 32.2. The van der Waals surface area contributed by atoms with Gasteiger partial charge in [0.25, 0.3) is 0 Å². The summed E-state index contributed by atoms with van der Waals surface area (Å²) >= 11 is 0. The van der Waals surface area contributed by atoms with Crippen LogP contribution in [0.3, 0.4) is 0 Å². The molecule has 1 aromatic rings. The van der Waals surface area contributed by atoms with Crippen molar-refractivity contribution >= 4 is 10.0 Å². The number of aryl methyl sites for hydroxylation is 1. The molecule has 0 saturated carbocycles. The lowest BCUT2D eigenvalue weighted by atomic mass is 10.2. The third-order valence-corrected chi connectivity index (χ3v) is 5.01. The molecule has 7 heteroatoms. The molecule has 118 valence electrons. The maximum Gasteiger partial charge on any atom is 0.240 e. The van der Waals surface area contributed by atoms with Crippen molar-refractivity contribution in [1.82, 2.24) is 10.0 Å². The number of sulfonamides is 1. The predicted molar refractivity (Wildman–Crippen MR) is 80.1 cm³/mol. The van der Waals surface area contributed by atoms with Gasteiger partial charge in [0, 0.05) is 20.2 Å². The molecule has 1 unspecified atom stereocenters. The van der Waals surface area contributed by atoms with Crippen LogP contribution < -0.4 is 14.8 Å². The summed E-state index contributed by atoms with van der Waals surface area (Å²) in [6.45, 7) is 5.48. The third kappa shape index (κ3) is 3.74. The van der Waals surface area contributed by atoms with E-state index in [2.05, 4.69) is 10.0 Å². The van der Waals surface area contributed by atoms with Crippen LogP contribution in [0.25, 0.3) is 0 Å². The van der Waals surface area contributed by atoms with E-state index in [0.29, 0.717) is 25.4 Å². The Morgan fingerprint density at radius 3 is 2.76 bits per heavy atom. The highest BCUT2D eigenvalue weighted by molar-refractivity contribution is 7.89. The van der Waals surface area contributed by atoms with Crippen molar-refractivity contribution in [2.45, 2.75) is 30.9 Å². The standard InChI is InChI=1S/C14H22N2O4S/c1-4-20-13-6-5-11(7-10(13)2)21(17,18)16-12-8-15-9-14(12)19-3/h5-7,12,14-16H,4,8-9H2,1-3H3/t12?,14-/m0/s1. The molecular formula is C14H22N2O4S. The molecule has 2 atom stereocenters. The second-order valence-corrected chi connectivity index (χ2v) is 6.73. The van der Waals surface area contributed by atoms with Crippen molar-refractivity contribution in [2.75, 3.05) is 26.8 Å². The van der Waals surface area contributed by atoms with Crippen LogP contribution in [-0.4, -0.2) is 47.4 Å². The normalized spacial score (nSPS) is 22.4. The van der Waals surface area contributed by atoms with Gasteiger partial charge in [0.2, 0.25) is 10.0 Å². The van der Waals surface area contributed by atoms with Gasteiger partial charge in [0.1, 0.15) is 5.75 Å². The Hall–Kier alpha value is -1.15. The van der Waals surface area contributed by atoms with Gasteiger partial charge in [0.05, 0.1) is 23.6 Å². The Morgan fingerprint density at radius 1 is 1.38 bits per heavy atom. The number of hydrogen-bond acceptors (Lipinski definition) is 5. The van der Waals surface area contributed by atoms with E-state index < -0.39 is 10.0 Å². The predicted octanol–water partition coefficient (Wildman–Crippen LogP) is 0.659. The lowest BCUT2D eigenvalue weighted by Gasteiger charge is -2.19. The minimum Gasteiger partial charge on any atom is -0.494 e. The van der Waals surface area contributed by atoms with Crippen LogP contribution in [0.1, 0.15) is 12.5 Å². The van der Waals surface area contributed by atoms with E-state index in [1.54, 1.807) is 25.3 Å². The van der Waals surface area contributed by atoms with E-state index in [1.165, 1.54) is 0 Å². The molecule has 1 heterocycles. The number of methoxy groups -OCH3 is 1. The fourth-order valence-electron chi connectivity index (χ4n) is 2.39. The zero-order chi connectivity index (χ0) is 15.5. The van der Waals surface area contributed by atoms with E-state index in [0.717, 1.165) is 5.56 Å². The van der Waals surface area contributed by atoms with Gasteiger partial charge in [0.15, 0.2) is 0 Å². The van der Waals surface area contributed by atoms with Crippen LogP contribution in [0, 0.1) is 6.92 Å². The summed E-state index contributed by atoms with van der Waals surface area (Å²) in [7, 11) is -1.98. The first-order valence-electron chi connectivity index (χ1n) is 6.97. The Labute approximate surface area is 125 Å². The van der Waals surface area contributed by atoms with Gasteiger partial charge in [-0.1, -0.05) is 0 Å². The fraction of sp³-hybridized carbons (Fsp3) is 0.571. The topological polar surface area (TPSA) is 76.7 Å². The molecule has 0 spiro atoms. The fourth-order valence-corrected chi connectivity index (χ4v) is 3.74. The molecule has 0 aliphatic carbocycles. The van der Waals surface area contributed by atoms with E-state index in [-0.39, 0.29) is 17.0 Å². The van der Waals surface area contributed by atoms with Gasteiger partial charge < -0.3 is 14.8 Å². The summed E-state index contributed by atoms with van der Waals surface area (Å²) in [6.07, 6.45) is -0.149. The van der Waals surface area contributed by atoms with Crippen molar-refractivity contribution in [3.63, 3.8) is 0 Å². The quantitative estimate of drug-likeness (QED) is 0.806. The molecule has 21 heavy (non-hydrogen) atoms. The molecule has 1 saturated heterocycles. The molecule has 0 bridgehead atoms. The zero-order valence-electron chi connectivity index (χ0n) is 12.5. The van der Waals surface area contributed by atoms with Crippen LogP contribution >= 0.6 is 0 Å². The Morgan fingerprint density at radius 2 is 2.14 bits per heavy atom. The van der Waals surface area contributed by atoms with Gasteiger partial charge in [-0.3, -0.25) is 0 Å². The molecular weight excluding hydrogens is 292 g/mol. The summed E-state index contributed by atoms with van der Waals surface area (Å²) in [5.74, 6) is 0.703. The molecule has 1 aromatic carbocycles. The summed E-state index contributed by atoms with van der Waals surface area (Å²) in [6, 6.07) is 4.61. The van der Waals surface area contributed by atoms with E-state index in [4.69, 9.17) is 9.47 Å². The van der Waals surface area contributed by atoms with E-state index >= 15 is 0 Å². The molecule has 1 aliphatic rings. The number of benzene rings is 1.